The number of hydrogen-bond donors (Lipinski definition) is 1. The molecule has 5 nitrogen and oxygen atoms in total. The summed E-state index contributed by atoms with van der Waals surface area (Å²) < 4.78 is 3.79. The van der Waals surface area contributed by atoms with Crippen molar-refractivity contribution in [3.05, 3.63) is 71.9 Å². The molecule has 4 rings (SSSR count). The standard InChI is InChI=1S/C19H18N4O/c1-22-18(11-15(13-24)20-22)19-16-9-5-6-10-17(16)23(21-19)12-14-7-3-2-4-8-14/h2-11,24H,12-13H2,1H3. The van der Waals surface area contributed by atoms with Crippen LogP contribution in [0, 0.1) is 0 Å². The molecule has 0 spiro atoms. The maximum atomic E-state index is 9.33. The zero-order chi connectivity index (χ0) is 16.5. The number of aliphatic hydroxyl groups is 1. The van der Waals surface area contributed by atoms with Gasteiger partial charge in [-0.3, -0.25) is 9.36 Å². The van der Waals surface area contributed by atoms with E-state index in [-0.39, 0.29) is 6.61 Å². The second kappa shape index (κ2) is 5.94. The second-order valence-electron chi connectivity index (χ2n) is 5.81. The van der Waals surface area contributed by atoms with E-state index in [9.17, 15) is 5.11 Å². The third-order valence-electron chi connectivity index (χ3n) is 4.17. The predicted octanol–water partition coefficient (Wildman–Crippen LogP) is 2.98. The Morgan fingerprint density at radius 1 is 0.958 bits per heavy atom. The van der Waals surface area contributed by atoms with Gasteiger partial charge in [-0.05, 0) is 17.7 Å². The van der Waals surface area contributed by atoms with Gasteiger partial charge in [0.05, 0.1) is 30.1 Å². The average molecular weight is 318 g/mol. The van der Waals surface area contributed by atoms with Crippen LogP contribution in [0.25, 0.3) is 22.3 Å². The van der Waals surface area contributed by atoms with Crippen LogP contribution >= 0.6 is 0 Å². The highest BCUT2D eigenvalue weighted by atomic mass is 16.3. The van der Waals surface area contributed by atoms with Crippen LogP contribution in [-0.4, -0.2) is 24.7 Å². The summed E-state index contributed by atoms with van der Waals surface area (Å²) in [4.78, 5) is 0. The summed E-state index contributed by atoms with van der Waals surface area (Å²) in [5, 5.41) is 19.6. The molecule has 2 aromatic heterocycles. The topological polar surface area (TPSA) is 55.9 Å². The van der Waals surface area contributed by atoms with Gasteiger partial charge in [-0.1, -0.05) is 48.5 Å². The largest absolute Gasteiger partial charge is 0.390 e. The van der Waals surface area contributed by atoms with Crippen LogP contribution in [0.3, 0.4) is 0 Å². The lowest BCUT2D eigenvalue weighted by Gasteiger charge is -2.03. The van der Waals surface area contributed by atoms with Crippen molar-refractivity contribution in [3.8, 4) is 11.4 Å². The highest BCUT2D eigenvalue weighted by molar-refractivity contribution is 5.92. The van der Waals surface area contributed by atoms with Gasteiger partial charge in [0, 0.05) is 12.4 Å². The molecule has 0 aliphatic heterocycles. The molecule has 2 aromatic carbocycles. The quantitative estimate of drug-likeness (QED) is 0.629. The Balaban J connectivity index is 1.86. The number of aromatic nitrogens is 4. The first kappa shape index (κ1) is 14.7. The lowest BCUT2D eigenvalue weighted by Crippen LogP contribution is -2.02. The molecule has 120 valence electrons. The van der Waals surface area contributed by atoms with Crippen molar-refractivity contribution in [2.45, 2.75) is 13.2 Å². The van der Waals surface area contributed by atoms with Crippen LogP contribution in [0.5, 0.6) is 0 Å². The SMILES string of the molecule is Cn1nc(CO)cc1-c1nn(Cc2ccccc2)c2ccccc12. The molecule has 2 heterocycles. The number of benzene rings is 2. The minimum Gasteiger partial charge on any atom is -0.390 e. The fourth-order valence-electron chi connectivity index (χ4n) is 3.02. The highest BCUT2D eigenvalue weighted by Crippen LogP contribution is 2.28. The monoisotopic (exact) mass is 318 g/mol. The molecular formula is C19H18N4O. The molecule has 0 radical (unpaired) electrons. The van der Waals surface area contributed by atoms with Crippen molar-refractivity contribution >= 4 is 10.9 Å². The molecular weight excluding hydrogens is 300 g/mol. The summed E-state index contributed by atoms with van der Waals surface area (Å²) in [6, 6.07) is 20.4. The molecule has 0 saturated carbocycles. The number of aryl methyl sites for hydroxylation is 1. The van der Waals surface area contributed by atoms with Crippen LogP contribution in [0.15, 0.2) is 60.7 Å². The number of nitrogens with zero attached hydrogens (tertiary/aromatic N) is 4. The van der Waals surface area contributed by atoms with Crippen molar-refractivity contribution in [1.82, 2.24) is 19.6 Å². The normalized spacial score (nSPS) is 11.2. The van der Waals surface area contributed by atoms with Gasteiger partial charge in [-0.15, -0.1) is 0 Å². The molecule has 1 N–H and O–H groups in total. The molecule has 0 bridgehead atoms. The van der Waals surface area contributed by atoms with Crippen LogP contribution < -0.4 is 0 Å². The van der Waals surface area contributed by atoms with Crippen LogP contribution in [0.1, 0.15) is 11.3 Å². The lowest BCUT2D eigenvalue weighted by molar-refractivity contribution is 0.275. The summed E-state index contributed by atoms with van der Waals surface area (Å²) in [6.07, 6.45) is 0. The molecule has 5 heteroatoms. The van der Waals surface area contributed by atoms with E-state index in [1.165, 1.54) is 5.56 Å². The third kappa shape index (κ3) is 2.49. The Morgan fingerprint density at radius 2 is 1.71 bits per heavy atom. The van der Waals surface area contributed by atoms with E-state index in [1.54, 1.807) is 4.68 Å². The number of hydrogen-bond acceptors (Lipinski definition) is 3. The first-order chi connectivity index (χ1) is 11.8. The second-order valence-corrected chi connectivity index (χ2v) is 5.81. The zero-order valence-electron chi connectivity index (χ0n) is 13.4. The first-order valence-electron chi connectivity index (χ1n) is 7.90. The lowest BCUT2D eigenvalue weighted by atomic mass is 10.1. The fraction of sp³-hybridized carbons (Fsp3) is 0.158. The van der Waals surface area contributed by atoms with E-state index in [0.29, 0.717) is 12.2 Å². The van der Waals surface area contributed by atoms with Crippen LogP contribution in [0.4, 0.5) is 0 Å². The number of rotatable bonds is 4. The zero-order valence-corrected chi connectivity index (χ0v) is 13.4. The predicted molar refractivity (Wildman–Crippen MR) is 93.4 cm³/mol. The highest BCUT2D eigenvalue weighted by Gasteiger charge is 2.16. The summed E-state index contributed by atoms with van der Waals surface area (Å²) in [5.41, 5.74) is 4.73. The Hall–Kier alpha value is -2.92. The maximum absolute atomic E-state index is 9.33. The molecule has 0 fully saturated rings. The van der Waals surface area contributed by atoms with E-state index < -0.39 is 0 Å². The van der Waals surface area contributed by atoms with E-state index in [4.69, 9.17) is 5.10 Å². The van der Waals surface area contributed by atoms with Crippen LogP contribution in [0.2, 0.25) is 0 Å². The Kier molecular flexibility index (Phi) is 3.63. The molecule has 0 aliphatic rings. The fourth-order valence-corrected chi connectivity index (χ4v) is 3.02. The van der Waals surface area contributed by atoms with Crippen molar-refractivity contribution in [2.24, 2.45) is 7.05 Å². The van der Waals surface area contributed by atoms with Crippen molar-refractivity contribution in [1.29, 1.82) is 0 Å². The summed E-state index contributed by atoms with van der Waals surface area (Å²) in [7, 11) is 1.87. The van der Waals surface area contributed by atoms with Gasteiger partial charge in [-0.2, -0.15) is 10.2 Å². The summed E-state index contributed by atoms with van der Waals surface area (Å²) >= 11 is 0. The third-order valence-corrected chi connectivity index (χ3v) is 4.17. The minimum absolute atomic E-state index is 0.0729. The smallest absolute Gasteiger partial charge is 0.118 e. The van der Waals surface area contributed by atoms with Gasteiger partial charge in [0.1, 0.15) is 5.69 Å². The van der Waals surface area contributed by atoms with Gasteiger partial charge in [0.25, 0.3) is 0 Å². The average Bonchev–Trinajstić information content (AvgIpc) is 3.17. The van der Waals surface area contributed by atoms with Crippen molar-refractivity contribution in [3.63, 3.8) is 0 Å². The molecule has 0 aliphatic carbocycles. The number of para-hydroxylation sites is 1. The molecule has 0 amide bonds. The van der Waals surface area contributed by atoms with Crippen LogP contribution in [-0.2, 0) is 20.2 Å². The first-order valence-corrected chi connectivity index (χ1v) is 7.90. The van der Waals surface area contributed by atoms with Gasteiger partial charge >= 0.3 is 0 Å². The number of fused-ring (bicyclic) bond motifs is 1. The molecule has 0 atom stereocenters. The summed E-state index contributed by atoms with van der Waals surface area (Å²) in [5.74, 6) is 0. The maximum Gasteiger partial charge on any atom is 0.118 e. The van der Waals surface area contributed by atoms with Crippen molar-refractivity contribution in [2.75, 3.05) is 0 Å². The van der Waals surface area contributed by atoms with E-state index in [2.05, 4.69) is 29.4 Å². The number of aliphatic hydroxyl groups excluding tert-OH is 1. The van der Waals surface area contributed by atoms with E-state index >= 15 is 0 Å². The van der Waals surface area contributed by atoms with Gasteiger partial charge in [0.2, 0.25) is 0 Å². The molecule has 0 unspecified atom stereocenters. The Labute approximate surface area is 139 Å². The molecule has 0 saturated heterocycles. The summed E-state index contributed by atoms with van der Waals surface area (Å²) in [6.45, 7) is 0.641. The van der Waals surface area contributed by atoms with E-state index in [1.807, 2.05) is 48.1 Å². The van der Waals surface area contributed by atoms with Gasteiger partial charge in [-0.25, -0.2) is 0 Å². The molecule has 4 aromatic rings. The Bertz CT molecular complexity index is 985. The van der Waals surface area contributed by atoms with Crippen molar-refractivity contribution < 1.29 is 5.11 Å². The van der Waals surface area contributed by atoms with Gasteiger partial charge < -0.3 is 5.11 Å². The Morgan fingerprint density at radius 3 is 2.46 bits per heavy atom. The van der Waals surface area contributed by atoms with E-state index in [0.717, 1.165) is 22.3 Å². The molecule has 24 heavy (non-hydrogen) atoms. The van der Waals surface area contributed by atoms with Gasteiger partial charge in [0.15, 0.2) is 0 Å². The minimum atomic E-state index is -0.0729.